The maximum atomic E-state index is 5.71. The summed E-state index contributed by atoms with van der Waals surface area (Å²) in [6.45, 7) is 4.73. The fourth-order valence-corrected chi connectivity index (χ4v) is 2.22. The van der Waals surface area contributed by atoms with Gasteiger partial charge in [0.1, 0.15) is 0 Å². The van der Waals surface area contributed by atoms with E-state index in [-0.39, 0.29) is 6.10 Å². The normalized spacial score (nSPS) is 20.5. The van der Waals surface area contributed by atoms with Gasteiger partial charge in [-0.1, -0.05) is 30.8 Å². The van der Waals surface area contributed by atoms with Gasteiger partial charge in [0.05, 0.1) is 6.10 Å². The van der Waals surface area contributed by atoms with E-state index in [9.17, 15) is 0 Å². The van der Waals surface area contributed by atoms with Gasteiger partial charge in [0, 0.05) is 13.0 Å². The monoisotopic (exact) mass is 220 g/mol. The van der Waals surface area contributed by atoms with E-state index in [0.29, 0.717) is 0 Å². The van der Waals surface area contributed by atoms with Crippen LogP contribution >= 0.6 is 12.6 Å². The quantitative estimate of drug-likeness (QED) is 0.767. The summed E-state index contributed by atoms with van der Waals surface area (Å²) in [7, 11) is 0. The highest BCUT2D eigenvalue weighted by Gasteiger charge is 2.19. The van der Waals surface area contributed by atoms with Crippen LogP contribution in [0, 0.1) is 0 Å². The first-order chi connectivity index (χ1) is 7.27. The molecular weight excluding hydrogens is 204 g/mol. The third-order valence-electron chi connectivity index (χ3n) is 2.73. The molecular formula is C13H16OS. The number of allylic oxidation sites excluding steroid dienone is 1. The van der Waals surface area contributed by atoms with E-state index < -0.39 is 0 Å². The molecule has 0 amide bonds. The van der Waals surface area contributed by atoms with Crippen molar-refractivity contribution in [1.29, 1.82) is 0 Å². The Morgan fingerprint density at radius 3 is 2.93 bits per heavy atom. The molecule has 1 atom stereocenters. The summed E-state index contributed by atoms with van der Waals surface area (Å²) in [5.41, 5.74) is 2.61. The number of rotatable bonds is 3. The van der Waals surface area contributed by atoms with Crippen LogP contribution in [0.5, 0.6) is 0 Å². The number of ether oxygens (including phenoxy) is 1. The van der Waals surface area contributed by atoms with Crippen LogP contribution in [-0.2, 0) is 11.2 Å². The number of thiol groups is 1. The van der Waals surface area contributed by atoms with E-state index in [0.717, 1.165) is 24.4 Å². The van der Waals surface area contributed by atoms with E-state index in [2.05, 4.69) is 43.5 Å². The fourth-order valence-electron chi connectivity index (χ4n) is 2.05. The summed E-state index contributed by atoms with van der Waals surface area (Å²) in [5, 5.41) is 0. The third-order valence-corrected chi connectivity index (χ3v) is 2.88. The molecule has 1 aromatic rings. The van der Waals surface area contributed by atoms with Crippen LogP contribution in [0.15, 0.2) is 35.7 Å². The van der Waals surface area contributed by atoms with Crippen LogP contribution in [0.25, 0.3) is 0 Å². The smallest absolute Gasteiger partial charge is 0.0828 e. The lowest BCUT2D eigenvalue weighted by atomic mass is 9.98. The van der Waals surface area contributed by atoms with Crippen molar-refractivity contribution in [2.75, 3.05) is 6.61 Å². The zero-order valence-corrected chi connectivity index (χ0v) is 9.67. The Bertz CT molecular complexity index is 353. The Balaban J connectivity index is 2.24. The molecule has 1 aliphatic heterocycles. The zero-order valence-electron chi connectivity index (χ0n) is 8.78. The van der Waals surface area contributed by atoms with Gasteiger partial charge in [-0.15, -0.1) is 12.6 Å². The minimum atomic E-state index is 0.286. The maximum Gasteiger partial charge on any atom is 0.0828 e. The SMILES string of the molecule is C=C(S)Cc1ccccc1C1CCCO1. The molecule has 2 rings (SSSR count). The standard InChI is InChI=1S/C13H16OS/c1-10(15)9-11-5-2-3-6-12(11)13-7-4-8-14-13/h2-3,5-6,13,15H,1,4,7-9H2. The van der Waals surface area contributed by atoms with Gasteiger partial charge in [-0.05, 0) is 28.9 Å². The van der Waals surface area contributed by atoms with Gasteiger partial charge in [0.15, 0.2) is 0 Å². The van der Waals surface area contributed by atoms with Crippen LogP contribution in [0.3, 0.4) is 0 Å². The van der Waals surface area contributed by atoms with E-state index >= 15 is 0 Å². The van der Waals surface area contributed by atoms with Crippen LogP contribution in [0.4, 0.5) is 0 Å². The molecule has 0 saturated carbocycles. The molecule has 0 spiro atoms. The largest absolute Gasteiger partial charge is 0.374 e. The first-order valence-electron chi connectivity index (χ1n) is 5.33. The molecule has 0 N–H and O–H groups in total. The zero-order chi connectivity index (χ0) is 10.7. The van der Waals surface area contributed by atoms with Gasteiger partial charge in [0.2, 0.25) is 0 Å². The topological polar surface area (TPSA) is 9.23 Å². The Morgan fingerprint density at radius 2 is 2.27 bits per heavy atom. The van der Waals surface area contributed by atoms with Crippen LogP contribution < -0.4 is 0 Å². The van der Waals surface area contributed by atoms with Crippen molar-refractivity contribution >= 4 is 12.6 Å². The van der Waals surface area contributed by atoms with Gasteiger partial charge >= 0.3 is 0 Å². The average Bonchev–Trinajstić information content (AvgIpc) is 2.70. The second-order valence-corrected chi connectivity index (χ2v) is 4.58. The molecule has 2 heteroatoms. The van der Waals surface area contributed by atoms with E-state index in [1.54, 1.807) is 0 Å². The summed E-state index contributed by atoms with van der Waals surface area (Å²) in [6.07, 6.45) is 3.42. The highest BCUT2D eigenvalue weighted by Crippen LogP contribution is 2.31. The van der Waals surface area contributed by atoms with Gasteiger partial charge in [-0.3, -0.25) is 0 Å². The van der Waals surface area contributed by atoms with Crippen LogP contribution in [-0.4, -0.2) is 6.61 Å². The Morgan fingerprint density at radius 1 is 1.47 bits per heavy atom. The number of hydrogen-bond donors (Lipinski definition) is 1. The maximum absolute atomic E-state index is 5.71. The van der Waals surface area contributed by atoms with Crippen molar-refractivity contribution in [2.24, 2.45) is 0 Å². The molecule has 0 aromatic heterocycles. The van der Waals surface area contributed by atoms with Crippen molar-refractivity contribution in [3.8, 4) is 0 Å². The second-order valence-electron chi connectivity index (χ2n) is 3.94. The van der Waals surface area contributed by atoms with Crippen molar-refractivity contribution in [2.45, 2.75) is 25.4 Å². The minimum Gasteiger partial charge on any atom is -0.374 e. The molecule has 1 heterocycles. The molecule has 1 fully saturated rings. The summed E-state index contributed by atoms with van der Waals surface area (Å²) in [6, 6.07) is 8.42. The molecule has 0 aliphatic carbocycles. The van der Waals surface area contributed by atoms with Crippen molar-refractivity contribution in [3.63, 3.8) is 0 Å². The average molecular weight is 220 g/mol. The lowest BCUT2D eigenvalue weighted by molar-refractivity contribution is 0.111. The van der Waals surface area contributed by atoms with E-state index in [1.165, 1.54) is 17.5 Å². The van der Waals surface area contributed by atoms with Gasteiger partial charge in [-0.25, -0.2) is 0 Å². The van der Waals surface area contributed by atoms with E-state index in [1.807, 2.05) is 0 Å². The summed E-state index contributed by atoms with van der Waals surface area (Å²) >= 11 is 4.26. The van der Waals surface area contributed by atoms with Crippen molar-refractivity contribution in [1.82, 2.24) is 0 Å². The Kier molecular flexibility index (Phi) is 3.49. The lowest BCUT2D eigenvalue weighted by Gasteiger charge is -2.14. The van der Waals surface area contributed by atoms with Crippen LogP contribution in [0.2, 0.25) is 0 Å². The number of hydrogen-bond acceptors (Lipinski definition) is 2. The summed E-state index contributed by atoms with van der Waals surface area (Å²) in [4.78, 5) is 0.903. The highest BCUT2D eigenvalue weighted by molar-refractivity contribution is 7.84. The fraction of sp³-hybridized carbons (Fsp3) is 0.385. The molecule has 1 unspecified atom stereocenters. The Hall–Kier alpha value is -0.730. The molecule has 15 heavy (non-hydrogen) atoms. The molecule has 0 radical (unpaired) electrons. The van der Waals surface area contributed by atoms with Crippen LogP contribution in [0.1, 0.15) is 30.1 Å². The molecule has 1 aromatic carbocycles. The highest BCUT2D eigenvalue weighted by atomic mass is 32.1. The van der Waals surface area contributed by atoms with Gasteiger partial charge < -0.3 is 4.74 Å². The van der Waals surface area contributed by atoms with Gasteiger partial charge in [0.25, 0.3) is 0 Å². The molecule has 1 aliphatic rings. The summed E-state index contributed by atoms with van der Waals surface area (Å²) < 4.78 is 5.71. The molecule has 1 nitrogen and oxygen atoms in total. The lowest BCUT2D eigenvalue weighted by Crippen LogP contribution is -2.01. The Labute approximate surface area is 96.6 Å². The first-order valence-corrected chi connectivity index (χ1v) is 5.78. The predicted molar refractivity (Wildman–Crippen MR) is 66.2 cm³/mol. The molecule has 1 saturated heterocycles. The number of benzene rings is 1. The van der Waals surface area contributed by atoms with Crippen molar-refractivity contribution < 1.29 is 4.74 Å². The second kappa shape index (κ2) is 4.86. The molecule has 0 bridgehead atoms. The van der Waals surface area contributed by atoms with Gasteiger partial charge in [-0.2, -0.15) is 0 Å². The summed E-state index contributed by atoms with van der Waals surface area (Å²) in [5.74, 6) is 0. The third kappa shape index (κ3) is 2.64. The van der Waals surface area contributed by atoms with E-state index in [4.69, 9.17) is 4.74 Å². The first kappa shape index (κ1) is 10.8. The molecule has 80 valence electrons. The predicted octanol–water partition coefficient (Wildman–Crippen LogP) is 3.52. The minimum absolute atomic E-state index is 0.286. The van der Waals surface area contributed by atoms with Crippen molar-refractivity contribution in [3.05, 3.63) is 46.9 Å².